The van der Waals surface area contributed by atoms with Crippen molar-refractivity contribution in [3.8, 4) is 0 Å². The summed E-state index contributed by atoms with van der Waals surface area (Å²) in [7, 11) is 1.16. The van der Waals surface area contributed by atoms with E-state index < -0.39 is 26.6 Å². The van der Waals surface area contributed by atoms with Crippen LogP contribution in [0.5, 0.6) is 0 Å². The molecule has 10 heteroatoms. The minimum absolute atomic E-state index is 0.0318. The molecule has 0 aromatic carbocycles. The smallest absolute Gasteiger partial charge is 0.306 e. The van der Waals surface area contributed by atoms with Crippen molar-refractivity contribution in [2.75, 3.05) is 40.9 Å². The van der Waals surface area contributed by atoms with Gasteiger partial charge in [0.05, 0.1) is 33.8 Å². The van der Waals surface area contributed by atoms with Gasteiger partial charge in [-0.2, -0.15) is 0 Å². The van der Waals surface area contributed by atoms with E-state index in [-0.39, 0.29) is 24.9 Å². The third-order valence-electron chi connectivity index (χ3n) is 14.5. The normalized spacial score (nSPS) is 14.2. The van der Waals surface area contributed by atoms with Crippen molar-refractivity contribution in [3.05, 3.63) is 97.2 Å². The van der Waals surface area contributed by atoms with Crippen molar-refractivity contribution in [3.63, 3.8) is 0 Å². The van der Waals surface area contributed by atoms with Gasteiger partial charge in [-0.3, -0.25) is 14.2 Å². The molecule has 0 fully saturated rings. The van der Waals surface area contributed by atoms with E-state index in [1.54, 1.807) is 0 Å². The molecule has 81 heavy (non-hydrogen) atoms. The highest BCUT2D eigenvalue weighted by Gasteiger charge is 2.27. The zero-order chi connectivity index (χ0) is 59.3. The Morgan fingerprint density at radius 3 is 1.16 bits per heavy atom. The summed E-state index contributed by atoms with van der Waals surface area (Å²) in [5, 5.41) is 3.03. The number of ether oxygens (including phenoxy) is 1. The Hall–Kier alpha value is -3.07. The van der Waals surface area contributed by atoms with E-state index in [0.29, 0.717) is 23.9 Å². The van der Waals surface area contributed by atoms with Gasteiger partial charge in [0.1, 0.15) is 19.3 Å². The van der Waals surface area contributed by atoms with Gasteiger partial charge in [-0.25, -0.2) is 0 Å². The van der Waals surface area contributed by atoms with E-state index in [1.807, 2.05) is 33.3 Å². The first-order valence-corrected chi connectivity index (χ1v) is 35.0. The van der Waals surface area contributed by atoms with Gasteiger partial charge in [-0.05, 0) is 115 Å². The number of hydrogen-bond acceptors (Lipinski definition) is 7. The molecular formula is C71H127N2O7P. The van der Waals surface area contributed by atoms with E-state index in [2.05, 4.69) is 111 Å². The molecule has 0 heterocycles. The molecule has 468 valence electrons. The van der Waals surface area contributed by atoms with Gasteiger partial charge in [-0.1, -0.05) is 260 Å². The molecule has 0 spiro atoms. The van der Waals surface area contributed by atoms with Crippen molar-refractivity contribution in [1.82, 2.24) is 5.32 Å². The number of amides is 1. The zero-order valence-electron chi connectivity index (χ0n) is 53.5. The molecule has 0 aliphatic carbocycles. The number of allylic oxidation sites excluding steroid dienone is 15. The lowest BCUT2D eigenvalue weighted by Gasteiger charge is -2.30. The number of esters is 1. The fraction of sp³-hybridized carbons (Fsp3) is 0.746. The maximum absolute atomic E-state index is 13.6. The summed E-state index contributed by atoms with van der Waals surface area (Å²) in [6.45, 7) is 6.77. The Kier molecular flexibility index (Phi) is 57.8. The summed E-state index contributed by atoms with van der Waals surface area (Å²) in [6, 6.07) is -0.908. The summed E-state index contributed by atoms with van der Waals surface area (Å²) in [5.74, 6) is -0.579. The number of likely N-dealkylation sites (N-methyl/N-ethyl adjacent to an activating group) is 1. The second-order valence-electron chi connectivity index (χ2n) is 23.6. The highest BCUT2D eigenvalue weighted by atomic mass is 31.2. The number of hydrogen-bond donors (Lipinski definition) is 1. The lowest BCUT2D eigenvalue weighted by Crippen LogP contribution is -2.47. The molecule has 0 saturated carbocycles. The second-order valence-corrected chi connectivity index (χ2v) is 25.0. The fourth-order valence-electron chi connectivity index (χ4n) is 9.28. The zero-order valence-corrected chi connectivity index (χ0v) is 54.4. The molecule has 0 saturated heterocycles. The summed E-state index contributed by atoms with van der Waals surface area (Å²) in [5.41, 5.74) is 0. The van der Waals surface area contributed by atoms with Crippen LogP contribution in [0.3, 0.4) is 0 Å². The molecule has 3 atom stereocenters. The lowest BCUT2D eigenvalue weighted by molar-refractivity contribution is -0.870. The number of nitrogens with zero attached hydrogens (tertiary/aromatic N) is 1. The van der Waals surface area contributed by atoms with Crippen LogP contribution in [0.15, 0.2) is 97.2 Å². The van der Waals surface area contributed by atoms with Gasteiger partial charge in [0, 0.05) is 12.8 Å². The number of rotatable bonds is 60. The standard InChI is InChI=1S/C71H127N2O7P/c1-7-10-13-16-19-22-25-27-29-31-33-34-35-36-37-38-40-41-43-45-48-51-54-57-60-63-70(74)72-68(67-79-81(76,77)78-66-65-73(4,5)6)69(62-59-56-53-50-47-24-21-18-15-12-9-3)80-71(75)64-61-58-55-52-49-46-44-42-39-32-30-28-26-23-20-17-14-11-8-2/h19-20,22-23,27-30,33-34,39,42,46,49,59,62,68-69H,7-18,21,24-26,31-32,35-38,40-41,43-45,47-48,50-58,60-61,63-67H2,1-6H3,(H-,72,74,76,77)/b22-19-,23-20-,29-27-,30-28-,34-33-,42-39-,49-46-,62-59-. The van der Waals surface area contributed by atoms with Crippen LogP contribution >= 0.6 is 7.82 Å². The van der Waals surface area contributed by atoms with Crippen LogP contribution in [0.4, 0.5) is 0 Å². The van der Waals surface area contributed by atoms with Gasteiger partial charge in [0.25, 0.3) is 7.82 Å². The predicted octanol–water partition coefficient (Wildman–Crippen LogP) is 20.5. The molecule has 1 N–H and O–H groups in total. The van der Waals surface area contributed by atoms with Crippen LogP contribution in [0.1, 0.15) is 290 Å². The third-order valence-corrected chi connectivity index (χ3v) is 15.5. The maximum atomic E-state index is 13.6. The summed E-state index contributed by atoms with van der Waals surface area (Å²) < 4.78 is 30.3. The molecular weight excluding hydrogens is 1020 g/mol. The Labute approximate surface area is 500 Å². The maximum Gasteiger partial charge on any atom is 0.306 e. The van der Waals surface area contributed by atoms with Gasteiger partial charge in [-0.15, -0.1) is 0 Å². The van der Waals surface area contributed by atoms with Gasteiger partial charge >= 0.3 is 5.97 Å². The molecule has 0 rings (SSSR count). The molecule has 3 unspecified atom stereocenters. The molecule has 0 aromatic rings. The quantitative estimate of drug-likeness (QED) is 0.0212. The van der Waals surface area contributed by atoms with Gasteiger partial charge in [0.15, 0.2) is 0 Å². The Morgan fingerprint density at radius 2 is 0.753 bits per heavy atom. The Bertz CT molecular complexity index is 1710. The number of quaternary nitrogens is 1. The first-order valence-electron chi connectivity index (χ1n) is 33.5. The topological polar surface area (TPSA) is 114 Å². The number of phosphoric acid groups is 1. The average molecular weight is 1150 g/mol. The van der Waals surface area contributed by atoms with E-state index in [0.717, 1.165) is 96.3 Å². The number of carbonyl (C=O) groups is 2. The Morgan fingerprint density at radius 1 is 0.432 bits per heavy atom. The molecule has 1 amide bonds. The van der Waals surface area contributed by atoms with E-state index in [9.17, 15) is 19.0 Å². The minimum atomic E-state index is -4.71. The third kappa shape index (κ3) is 61.3. The summed E-state index contributed by atoms with van der Waals surface area (Å²) in [6.07, 6.45) is 80.9. The number of nitrogens with one attached hydrogen (secondary N) is 1. The van der Waals surface area contributed by atoms with Crippen molar-refractivity contribution in [2.45, 2.75) is 303 Å². The molecule has 0 bridgehead atoms. The van der Waals surface area contributed by atoms with Crippen LogP contribution in [-0.2, 0) is 27.9 Å². The van der Waals surface area contributed by atoms with Crippen molar-refractivity contribution in [2.24, 2.45) is 0 Å². The first kappa shape index (κ1) is 77.9. The number of phosphoric ester groups is 1. The monoisotopic (exact) mass is 1150 g/mol. The predicted molar refractivity (Wildman–Crippen MR) is 348 cm³/mol. The van der Waals surface area contributed by atoms with E-state index in [4.69, 9.17) is 13.8 Å². The highest BCUT2D eigenvalue weighted by Crippen LogP contribution is 2.38. The minimum Gasteiger partial charge on any atom is -0.756 e. The molecule has 0 aromatic heterocycles. The largest absolute Gasteiger partial charge is 0.756 e. The van der Waals surface area contributed by atoms with Crippen LogP contribution < -0.4 is 10.2 Å². The molecule has 0 aliphatic heterocycles. The lowest BCUT2D eigenvalue weighted by atomic mass is 10.0. The van der Waals surface area contributed by atoms with Gasteiger partial charge in [0.2, 0.25) is 5.91 Å². The number of unbranched alkanes of at least 4 members (excludes halogenated alkanes) is 30. The number of carbonyl (C=O) groups excluding carboxylic acids is 2. The van der Waals surface area contributed by atoms with Crippen LogP contribution in [0, 0.1) is 0 Å². The summed E-state index contributed by atoms with van der Waals surface area (Å²) in [4.78, 5) is 40.1. The van der Waals surface area contributed by atoms with Crippen molar-refractivity contribution in [1.29, 1.82) is 0 Å². The highest BCUT2D eigenvalue weighted by molar-refractivity contribution is 7.45. The Balaban J connectivity index is 5.14. The first-order chi connectivity index (χ1) is 39.4. The summed E-state index contributed by atoms with van der Waals surface area (Å²) >= 11 is 0. The van der Waals surface area contributed by atoms with Crippen LogP contribution in [0.2, 0.25) is 0 Å². The molecule has 0 aliphatic rings. The fourth-order valence-corrected chi connectivity index (χ4v) is 10.0. The van der Waals surface area contributed by atoms with Crippen LogP contribution in [0.25, 0.3) is 0 Å². The molecule has 9 nitrogen and oxygen atoms in total. The van der Waals surface area contributed by atoms with Crippen LogP contribution in [-0.4, -0.2) is 69.4 Å². The molecule has 0 radical (unpaired) electrons. The second kappa shape index (κ2) is 60.1. The average Bonchev–Trinajstić information content (AvgIpc) is 3.44. The van der Waals surface area contributed by atoms with Gasteiger partial charge < -0.3 is 28.5 Å². The van der Waals surface area contributed by atoms with Crippen molar-refractivity contribution < 1.29 is 37.3 Å². The SMILES string of the molecule is CCCCC/C=C\C/C=C\C/C=C\C/C=C\CCCCCC(=O)OC(/C=C\CCCCCCCCCCC)C(COP(=O)([O-])OCC[N+](C)(C)C)NC(=O)CCCCCCCCCCCCCC/C=C\C/C=C\C/C=C\CCCCC. The van der Waals surface area contributed by atoms with E-state index >= 15 is 0 Å². The van der Waals surface area contributed by atoms with Crippen molar-refractivity contribution >= 4 is 19.7 Å². The van der Waals surface area contributed by atoms with E-state index in [1.165, 1.54) is 154 Å².